The van der Waals surface area contributed by atoms with Gasteiger partial charge < -0.3 is 10.2 Å². The summed E-state index contributed by atoms with van der Waals surface area (Å²) < 4.78 is 1.46. The average molecular weight is 545 g/mol. The number of nitrogens with zero attached hydrogens (tertiary/aromatic N) is 4. The highest BCUT2D eigenvalue weighted by molar-refractivity contribution is 7.19. The van der Waals surface area contributed by atoms with Gasteiger partial charge in [-0.25, -0.2) is 9.67 Å². The topological polar surface area (TPSA) is 92.2 Å². The number of hydrogen-bond acceptors (Lipinski definition) is 7. The van der Waals surface area contributed by atoms with E-state index in [1.807, 2.05) is 68.4 Å². The molecule has 8 nitrogen and oxygen atoms in total. The summed E-state index contributed by atoms with van der Waals surface area (Å²) in [6.07, 6.45) is 0. The molecule has 4 rings (SSSR count). The van der Waals surface area contributed by atoms with E-state index in [1.165, 1.54) is 22.1 Å². The van der Waals surface area contributed by atoms with Crippen molar-refractivity contribution < 1.29 is 4.79 Å². The van der Waals surface area contributed by atoms with Crippen molar-refractivity contribution in [1.29, 1.82) is 0 Å². The van der Waals surface area contributed by atoms with Crippen LogP contribution in [0.15, 0.2) is 71.5 Å². The maximum absolute atomic E-state index is 13.1. The molecule has 0 aliphatic rings. The average Bonchev–Trinajstić information content (AvgIpc) is 3.37. The number of benzene rings is 2. The minimum absolute atomic E-state index is 0.0785. The van der Waals surface area contributed by atoms with Crippen molar-refractivity contribution in [1.82, 2.24) is 25.0 Å². The summed E-state index contributed by atoms with van der Waals surface area (Å²) in [6.45, 7) is 13.0. The lowest BCUT2D eigenvalue weighted by Gasteiger charge is -2.18. The minimum Gasteiger partial charge on any atom is -0.311 e. The molecule has 0 aliphatic heterocycles. The number of hydrogen-bond donors (Lipinski definition) is 2. The smallest absolute Gasteiger partial charge is 0.267 e. The molecule has 2 aromatic carbocycles. The number of thiazole rings is 1. The fraction of sp³-hybridized carbons (Fsp3) is 0.333. The van der Waals surface area contributed by atoms with Crippen LogP contribution in [-0.4, -0.2) is 51.8 Å². The summed E-state index contributed by atoms with van der Waals surface area (Å²) in [5.74, 6) is -0.226. The van der Waals surface area contributed by atoms with Crippen molar-refractivity contribution in [2.24, 2.45) is 0 Å². The summed E-state index contributed by atoms with van der Waals surface area (Å²) in [5.41, 5.74) is 3.79. The largest absolute Gasteiger partial charge is 0.311 e. The first-order valence-corrected chi connectivity index (χ1v) is 14.2. The number of carbonyl (C=O) groups is 1. The molecule has 204 valence electrons. The van der Waals surface area contributed by atoms with E-state index in [0.29, 0.717) is 22.1 Å². The van der Waals surface area contributed by atoms with Gasteiger partial charge >= 0.3 is 0 Å². The van der Waals surface area contributed by atoms with E-state index in [-0.39, 0.29) is 17.5 Å². The molecular weight excluding hydrogens is 508 g/mol. The predicted octanol–water partition coefficient (Wildman–Crippen LogP) is 5.30. The van der Waals surface area contributed by atoms with Crippen LogP contribution in [0.25, 0.3) is 21.8 Å². The highest BCUT2D eigenvalue weighted by Crippen LogP contribution is 2.38. The second-order valence-electron chi connectivity index (χ2n) is 9.51. The van der Waals surface area contributed by atoms with E-state index >= 15 is 0 Å². The summed E-state index contributed by atoms with van der Waals surface area (Å²) >= 11 is 1.34. The summed E-state index contributed by atoms with van der Waals surface area (Å²) in [6, 6.07) is 20.5. The monoisotopic (exact) mass is 544 g/mol. The van der Waals surface area contributed by atoms with Crippen molar-refractivity contribution in [3.8, 4) is 21.8 Å². The predicted molar refractivity (Wildman–Crippen MR) is 159 cm³/mol. The second kappa shape index (κ2) is 13.4. The normalized spacial score (nSPS) is 11.3. The zero-order chi connectivity index (χ0) is 27.8. The van der Waals surface area contributed by atoms with Crippen LogP contribution in [0.3, 0.4) is 0 Å². The van der Waals surface area contributed by atoms with Gasteiger partial charge in [0.25, 0.3) is 11.5 Å². The Labute approximate surface area is 233 Å². The molecule has 0 unspecified atom stereocenters. The molecule has 2 N–H and O–H groups in total. The van der Waals surface area contributed by atoms with Crippen molar-refractivity contribution in [2.75, 3.05) is 31.5 Å². The third-order valence-corrected chi connectivity index (χ3v) is 7.48. The van der Waals surface area contributed by atoms with E-state index in [9.17, 15) is 9.59 Å². The Balaban J connectivity index is 1.50. The van der Waals surface area contributed by atoms with Gasteiger partial charge in [-0.3, -0.25) is 14.9 Å². The number of likely N-dealkylation sites (N-methyl/N-ethyl adjacent to an activating group) is 1. The molecule has 0 fully saturated rings. The van der Waals surface area contributed by atoms with E-state index in [1.54, 1.807) is 6.07 Å². The quantitative estimate of drug-likeness (QED) is 0.235. The summed E-state index contributed by atoms with van der Waals surface area (Å²) in [5, 5.41) is 11.5. The Morgan fingerprint density at radius 2 is 1.72 bits per heavy atom. The Morgan fingerprint density at radius 1 is 1.00 bits per heavy atom. The van der Waals surface area contributed by atoms with Crippen LogP contribution < -0.4 is 16.2 Å². The Morgan fingerprint density at radius 3 is 2.38 bits per heavy atom. The van der Waals surface area contributed by atoms with Crippen LogP contribution >= 0.6 is 11.3 Å². The maximum atomic E-state index is 13.1. The van der Waals surface area contributed by atoms with Crippen LogP contribution in [-0.2, 0) is 6.54 Å². The highest BCUT2D eigenvalue weighted by atomic mass is 32.1. The second-order valence-corrected chi connectivity index (χ2v) is 10.5. The molecule has 9 heteroatoms. The molecule has 4 aromatic rings. The number of aromatic nitrogens is 3. The number of nitrogens with one attached hydrogen (secondary N) is 2. The van der Waals surface area contributed by atoms with Crippen LogP contribution in [0.1, 0.15) is 49.7 Å². The SMILES string of the molecule is CCN(CC)CCNCc1ccc(C(=O)Nc2nc(-c3ccccc3)c(-c3ccc(=O)n(C(C)C)n3)s2)cc1. The van der Waals surface area contributed by atoms with Gasteiger partial charge in [-0.15, -0.1) is 0 Å². The van der Waals surface area contributed by atoms with Crippen LogP contribution in [0.4, 0.5) is 5.13 Å². The molecule has 0 radical (unpaired) electrons. The minimum atomic E-state index is -0.226. The van der Waals surface area contributed by atoms with Crippen molar-refractivity contribution in [3.05, 3.63) is 88.2 Å². The number of rotatable bonds is 12. The van der Waals surface area contributed by atoms with Crippen LogP contribution in [0.5, 0.6) is 0 Å². The first-order chi connectivity index (χ1) is 18.9. The Bertz CT molecular complexity index is 1430. The molecule has 0 atom stereocenters. The van der Waals surface area contributed by atoms with Crippen LogP contribution in [0, 0.1) is 0 Å². The van der Waals surface area contributed by atoms with Gasteiger partial charge in [-0.2, -0.15) is 5.10 Å². The molecule has 1 amide bonds. The van der Waals surface area contributed by atoms with E-state index in [4.69, 9.17) is 4.98 Å². The van der Waals surface area contributed by atoms with Gasteiger partial charge in [0.15, 0.2) is 5.13 Å². The van der Waals surface area contributed by atoms with E-state index in [0.717, 1.165) is 48.7 Å². The zero-order valence-electron chi connectivity index (χ0n) is 23.0. The number of amides is 1. The maximum Gasteiger partial charge on any atom is 0.267 e. The molecule has 0 spiro atoms. The van der Waals surface area contributed by atoms with E-state index in [2.05, 4.69) is 34.5 Å². The van der Waals surface area contributed by atoms with Gasteiger partial charge in [0, 0.05) is 36.8 Å². The summed E-state index contributed by atoms with van der Waals surface area (Å²) in [4.78, 5) is 33.3. The van der Waals surface area contributed by atoms with Crippen molar-refractivity contribution in [3.63, 3.8) is 0 Å². The molecular formula is C30H36N6O2S. The lowest BCUT2D eigenvalue weighted by Crippen LogP contribution is -2.31. The summed E-state index contributed by atoms with van der Waals surface area (Å²) in [7, 11) is 0. The number of carbonyl (C=O) groups excluding carboxylic acids is 1. The van der Waals surface area contributed by atoms with Gasteiger partial charge in [0.05, 0.1) is 16.6 Å². The molecule has 2 aromatic heterocycles. The van der Waals surface area contributed by atoms with Crippen LogP contribution in [0.2, 0.25) is 0 Å². The lowest BCUT2D eigenvalue weighted by atomic mass is 10.1. The van der Waals surface area contributed by atoms with Gasteiger partial charge in [-0.05, 0) is 50.7 Å². The standard InChI is InChI=1S/C30H36N6O2S/c1-5-35(6-2)19-18-31-20-22-12-14-24(15-13-22)29(38)33-30-32-27(23-10-8-7-9-11-23)28(39-30)25-16-17-26(37)36(34-25)21(3)4/h7-17,21,31H,5-6,18-20H2,1-4H3,(H,32,33,38). The molecule has 0 saturated carbocycles. The third-order valence-electron chi connectivity index (χ3n) is 6.49. The molecule has 39 heavy (non-hydrogen) atoms. The zero-order valence-corrected chi connectivity index (χ0v) is 23.8. The number of anilines is 1. The first kappa shape index (κ1) is 28.4. The Hall–Kier alpha value is -3.66. The van der Waals surface area contributed by atoms with Gasteiger partial charge in [0.1, 0.15) is 5.69 Å². The Kier molecular flexibility index (Phi) is 9.75. The molecule has 0 saturated heterocycles. The van der Waals surface area contributed by atoms with Crippen molar-refractivity contribution in [2.45, 2.75) is 40.3 Å². The van der Waals surface area contributed by atoms with Crippen molar-refractivity contribution >= 4 is 22.4 Å². The fourth-order valence-electron chi connectivity index (χ4n) is 4.21. The fourth-order valence-corrected chi connectivity index (χ4v) is 5.16. The highest BCUT2D eigenvalue weighted by Gasteiger charge is 2.19. The third kappa shape index (κ3) is 7.26. The molecule has 2 heterocycles. The lowest BCUT2D eigenvalue weighted by molar-refractivity contribution is 0.102. The van der Waals surface area contributed by atoms with E-state index < -0.39 is 0 Å². The van der Waals surface area contributed by atoms with Gasteiger partial charge in [0.2, 0.25) is 0 Å². The first-order valence-electron chi connectivity index (χ1n) is 13.4. The molecule has 0 bridgehead atoms. The van der Waals surface area contributed by atoms with Gasteiger partial charge in [-0.1, -0.05) is 67.6 Å². The molecule has 0 aliphatic carbocycles.